The van der Waals surface area contributed by atoms with Gasteiger partial charge in [0.1, 0.15) is 11.6 Å². The fourth-order valence-electron chi connectivity index (χ4n) is 3.16. The van der Waals surface area contributed by atoms with E-state index >= 15 is 0 Å². The van der Waals surface area contributed by atoms with Crippen molar-refractivity contribution in [2.24, 2.45) is 12.0 Å². The molecule has 0 radical (unpaired) electrons. The molecule has 0 saturated heterocycles. The number of alkyl halides is 2. The lowest BCUT2D eigenvalue weighted by atomic mass is 10.1. The number of rotatable bonds is 8. The molecule has 0 bridgehead atoms. The van der Waals surface area contributed by atoms with E-state index in [2.05, 4.69) is 30.6 Å². The number of benzene rings is 2. The summed E-state index contributed by atoms with van der Waals surface area (Å²) in [5, 5.41) is 14.9. The van der Waals surface area contributed by atoms with Crippen molar-refractivity contribution < 1.29 is 13.5 Å². The predicted molar refractivity (Wildman–Crippen MR) is 135 cm³/mol. The van der Waals surface area contributed by atoms with E-state index in [4.69, 9.17) is 0 Å². The number of aromatic nitrogens is 3. The maximum absolute atomic E-state index is 12.8. The molecule has 0 aliphatic carbocycles. The van der Waals surface area contributed by atoms with Crippen LogP contribution in [0.5, 0.6) is 5.75 Å². The molecule has 3 aromatic rings. The summed E-state index contributed by atoms with van der Waals surface area (Å²) in [6.07, 6.45) is 0. The molecule has 0 saturated carbocycles. The fraction of sp³-hybridized carbons (Fsp3) is 0.348. The number of ether oxygens (including phenoxy) is 1. The molecule has 178 valence electrons. The van der Waals surface area contributed by atoms with Crippen LogP contribution in [0, 0.1) is 13.8 Å². The highest BCUT2D eigenvalue weighted by molar-refractivity contribution is 14.0. The summed E-state index contributed by atoms with van der Waals surface area (Å²) >= 11 is 0. The zero-order valence-electron chi connectivity index (χ0n) is 19.0. The highest BCUT2D eigenvalue weighted by Crippen LogP contribution is 2.23. The van der Waals surface area contributed by atoms with Gasteiger partial charge in [0.15, 0.2) is 11.8 Å². The lowest BCUT2D eigenvalue weighted by molar-refractivity contribution is -0.0504. The second-order valence-electron chi connectivity index (χ2n) is 7.51. The summed E-state index contributed by atoms with van der Waals surface area (Å²) in [6, 6.07) is 15.0. The Balaban J connectivity index is 0.00000385. The van der Waals surface area contributed by atoms with Crippen molar-refractivity contribution in [1.29, 1.82) is 0 Å². The van der Waals surface area contributed by atoms with Crippen LogP contribution >= 0.6 is 24.0 Å². The van der Waals surface area contributed by atoms with E-state index in [1.54, 1.807) is 18.2 Å². The third-order valence-corrected chi connectivity index (χ3v) is 5.09. The van der Waals surface area contributed by atoms with Crippen molar-refractivity contribution in [3.8, 4) is 5.75 Å². The molecule has 1 aromatic heterocycles. The van der Waals surface area contributed by atoms with Crippen LogP contribution in [-0.2, 0) is 20.1 Å². The van der Waals surface area contributed by atoms with Gasteiger partial charge in [-0.15, -0.1) is 34.2 Å². The quantitative estimate of drug-likeness (QED) is 0.235. The number of hydrogen-bond acceptors (Lipinski definition) is 4. The molecule has 2 aromatic carbocycles. The van der Waals surface area contributed by atoms with Crippen molar-refractivity contribution >= 4 is 29.9 Å². The normalized spacial score (nSPS) is 12.3. The summed E-state index contributed by atoms with van der Waals surface area (Å²) < 4.78 is 32.2. The van der Waals surface area contributed by atoms with Crippen molar-refractivity contribution in [2.75, 3.05) is 0 Å². The predicted octanol–water partition coefficient (Wildman–Crippen LogP) is 4.65. The Morgan fingerprint density at radius 2 is 1.85 bits per heavy atom. The number of nitrogens with zero attached hydrogens (tertiary/aromatic N) is 4. The van der Waals surface area contributed by atoms with Gasteiger partial charge < -0.3 is 19.9 Å². The fourth-order valence-corrected chi connectivity index (χ4v) is 3.16. The molecular formula is C23H29F2IN6O. The second kappa shape index (κ2) is 12.5. The number of nitrogens with one attached hydrogen (secondary N) is 2. The first-order valence-electron chi connectivity index (χ1n) is 10.3. The van der Waals surface area contributed by atoms with Gasteiger partial charge in [-0.05, 0) is 32.4 Å². The average molecular weight is 570 g/mol. The van der Waals surface area contributed by atoms with E-state index in [1.807, 2.05) is 62.7 Å². The van der Waals surface area contributed by atoms with Gasteiger partial charge >= 0.3 is 6.61 Å². The Morgan fingerprint density at radius 1 is 1.12 bits per heavy atom. The number of hydrogen-bond donors (Lipinski definition) is 2. The number of halogens is 3. The summed E-state index contributed by atoms with van der Waals surface area (Å²) in [5.41, 5.74) is 2.61. The van der Waals surface area contributed by atoms with Crippen LogP contribution in [0.15, 0.2) is 53.5 Å². The van der Waals surface area contributed by atoms with Crippen molar-refractivity contribution in [1.82, 2.24) is 25.4 Å². The lowest BCUT2D eigenvalue weighted by Gasteiger charge is -2.19. The molecule has 2 N–H and O–H groups in total. The maximum Gasteiger partial charge on any atom is 0.387 e. The first-order chi connectivity index (χ1) is 15.3. The van der Waals surface area contributed by atoms with Crippen LogP contribution in [0.25, 0.3) is 0 Å². The minimum absolute atomic E-state index is 0. The van der Waals surface area contributed by atoms with Gasteiger partial charge in [0.25, 0.3) is 0 Å². The SMILES string of the molecule is Cc1ccc(OC(F)F)c(CN=C(NCc2nnc(C)n2C)NC(C)c2ccccc2)c1.I. The van der Waals surface area contributed by atoms with Crippen LogP contribution in [0.2, 0.25) is 0 Å². The van der Waals surface area contributed by atoms with Gasteiger partial charge in [0.2, 0.25) is 0 Å². The van der Waals surface area contributed by atoms with E-state index in [0.29, 0.717) is 18.1 Å². The zero-order chi connectivity index (χ0) is 23.1. The molecule has 1 unspecified atom stereocenters. The Bertz CT molecular complexity index is 1060. The third kappa shape index (κ3) is 7.65. The molecular weight excluding hydrogens is 541 g/mol. The largest absolute Gasteiger partial charge is 0.434 e. The van der Waals surface area contributed by atoms with E-state index in [1.165, 1.54) is 0 Å². The molecule has 0 fully saturated rings. The van der Waals surface area contributed by atoms with Gasteiger partial charge in [0, 0.05) is 12.6 Å². The molecule has 10 heteroatoms. The molecule has 1 atom stereocenters. The molecule has 7 nitrogen and oxygen atoms in total. The minimum Gasteiger partial charge on any atom is -0.434 e. The van der Waals surface area contributed by atoms with Crippen LogP contribution < -0.4 is 15.4 Å². The number of guanidine groups is 1. The van der Waals surface area contributed by atoms with Crippen LogP contribution in [-0.4, -0.2) is 27.3 Å². The first kappa shape index (κ1) is 26.5. The number of aryl methyl sites for hydroxylation is 2. The van der Waals surface area contributed by atoms with Gasteiger partial charge in [0.05, 0.1) is 19.1 Å². The molecule has 0 amide bonds. The summed E-state index contributed by atoms with van der Waals surface area (Å²) in [4.78, 5) is 4.63. The third-order valence-electron chi connectivity index (χ3n) is 5.09. The second-order valence-corrected chi connectivity index (χ2v) is 7.51. The van der Waals surface area contributed by atoms with Crippen molar-refractivity contribution in [3.05, 3.63) is 76.9 Å². The Kier molecular flexibility index (Phi) is 10.0. The smallest absolute Gasteiger partial charge is 0.387 e. The Hall–Kier alpha value is -2.76. The van der Waals surface area contributed by atoms with E-state index < -0.39 is 6.61 Å². The average Bonchev–Trinajstić information content (AvgIpc) is 3.09. The molecule has 1 heterocycles. The topological polar surface area (TPSA) is 76.4 Å². The lowest BCUT2D eigenvalue weighted by Crippen LogP contribution is -2.39. The number of aliphatic imine (C=N–C) groups is 1. The van der Waals surface area contributed by atoms with Crippen molar-refractivity contribution in [2.45, 2.75) is 46.5 Å². The molecule has 33 heavy (non-hydrogen) atoms. The Morgan fingerprint density at radius 3 is 2.48 bits per heavy atom. The zero-order valence-corrected chi connectivity index (χ0v) is 21.4. The van der Waals surface area contributed by atoms with Gasteiger partial charge in [-0.1, -0.05) is 48.0 Å². The molecule has 0 aliphatic rings. The molecule has 0 aliphatic heterocycles. The van der Waals surface area contributed by atoms with Crippen LogP contribution in [0.4, 0.5) is 8.78 Å². The van der Waals surface area contributed by atoms with Crippen LogP contribution in [0.3, 0.4) is 0 Å². The summed E-state index contributed by atoms with van der Waals surface area (Å²) in [5.74, 6) is 2.20. The van der Waals surface area contributed by atoms with E-state index in [9.17, 15) is 8.78 Å². The van der Waals surface area contributed by atoms with Gasteiger partial charge in [-0.25, -0.2) is 4.99 Å². The highest BCUT2D eigenvalue weighted by Gasteiger charge is 2.13. The first-order valence-corrected chi connectivity index (χ1v) is 10.3. The monoisotopic (exact) mass is 570 g/mol. The van der Waals surface area contributed by atoms with Crippen LogP contribution in [0.1, 0.15) is 41.3 Å². The Labute approximate surface area is 209 Å². The molecule has 3 rings (SSSR count). The van der Waals surface area contributed by atoms with Crippen molar-refractivity contribution in [3.63, 3.8) is 0 Å². The maximum atomic E-state index is 12.8. The summed E-state index contributed by atoms with van der Waals surface area (Å²) in [7, 11) is 1.89. The van der Waals surface area contributed by atoms with Gasteiger partial charge in [-0.2, -0.15) is 8.78 Å². The van der Waals surface area contributed by atoms with E-state index in [0.717, 1.165) is 22.8 Å². The standard InChI is InChI=1S/C23H28F2N6O.HI/c1-15-10-11-20(32-22(24)25)19(12-15)13-26-23(27-14-21-30-29-17(3)31(21)4)28-16(2)18-8-6-5-7-9-18;/h5-12,16,22H,13-14H2,1-4H3,(H2,26,27,28);1H. The van der Waals surface area contributed by atoms with E-state index in [-0.39, 0.29) is 42.3 Å². The highest BCUT2D eigenvalue weighted by atomic mass is 127. The van der Waals surface area contributed by atoms with Gasteiger partial charge in [-0.3, -0.25) is 0 Å². The summed E-state index contributed by atoms with van der Waals surface area (Å²) in [6.45, 7) is 3.47. The molecule has 0 spiro atoms. The minimum atomic E-state index is -2.89.